The van der Waals surface area contributed by atoms with E-state index in [0.29, 0.717) is 6.42 Å². The van der Waals surface area contributed by atoms with Crippen LogP contribution in [0.1, 0.15) is 58.3 Å². The molecule has 0 saturated carbocycles. The highest BCUT2D eigenvalue weighted by Crippen LogP contribution is 2.30. The minimum absolute atomic E-state index is 0.102. The van der Waals surface area contributed by atoms with Crippen molar-refractivity contribution in [2.45, 2.75) is 58.3 Å². The third-order valence-electron chi connectivity index (χ3n) is 4.82. The summed E-state index contributed by atoms with van der Waals surface area (Å²) in [4.78, 5) is 19.3. The summed E-state index contributed by atoms with van der Waals surface area (Å²) in [6.07, 6.45) is 8.92. The van der Waals surface area contributed by atoms with Crippen molar-refractivity contribution >= 4 is 28.1 Å². The van der Waals surface area contributed by atoms with E-state index >= 15 is 0 Å². The summed E-state index contributed by atoms with van der Waals surface area (Å²) in [5.74, 6) is 0.102. The number of aromatic nitrogens is 1. The molecule has 2 aromatic rings. The van der Waals surface area contributed by atoms with Gasteiger partial charge in [0, 0.05) is 36.1 Å². The quantitative estimate of drug-likeness (QED) is 0.605. The number of rotatable bonds is 8. The van der Waals surface area contributed by atoms with Gasteiger partial charge in [-0.3, -0.25) is 4.79 Å². The fourth-order valence-corrected chi connectivity index (χ4v) is 4.21. The van der Waals surface area contributed by atoms with Crippen LogP contribution in [0.25, 0.3) is 11.3 Å². The first-order valence-corrected chi connectivity index (χ1v) is 10.7. The van der Waals surface area contributed by atoms with Gasteiger partial charge in [-0.25, -0.2) is 4.98 Å². The van der Waals surface area contributed by atoms with Gasteiger partial charge in [0.25, 0.3) is 0 Å². The van der Waals surface area contributed by atoms with Gasteiger partial charge >= 0.3 is 0 Å². The lowest BCUT2D eigenvalue weighted by molar-refractivity contribution is -0.116. The molecule has 4 nitrogen and oxygen atoms in total. The van der Waals surface area contributed by atoms with Crippen molar-refractivity contribution in [3.63, 3.8) is 0 Å². The Morgan fingerprint density at radius 2 is 2.04 bits per heavy atom. The number of carbonyl (C=O) groups is 1. The summed E-state index contributed by atoms with van der Waals surface area (Å²) in [7, 11) is 0. The number of thiazole rings is 1. The number of nitrogens with zero attached hydrogens (tertiary/aromatic N) is 2. The number of anilines is 2. The standard InChI is InChI=1S/C21H29N3OS/c1-2-3-4-6-12-20(25)22-18-11-9-10-17(15-18)19-16-26-21(23-19)24-13-7-5-8-14-24/h9-11,15-16H,2-8,12-14H2,1H3,(H,22,25). The number of carbonyl (C=O) groups excluding carboxylic acids is 1. The first kappa shape index (κ1) is 18.9. The van der Waals surface area contributed by atoms with Gasteiger partial charge in [0.1, 0.15) is 0 Å². The van der Waals surface area contributed by atoms with E-state index in [1.807, 2.05) is 18.2 Å². The molecular formula is C21H29N3OS. The van der Waals surface area contributed by atoms with Crippen LogP contribution >= 0.6 is 11.3 Å². The van der Waals surface area contributed by atoms with Crippen molar-refractivity contribution in [3.05, 3.63) is 29.6 Å². The number of nitrogens with one attached hydrogen (secondary N) is 1. The Morgan fingerprint density at radius 1 is 1.19 bits per heavy atom. The average molecular weight is 372 g/mol. The molecule has 0 radical (unpaired) electrons. The summed E-state index contributed by atoms with van der Waals surface area (Å²) in [6, 6.07) is 8.03. The van der Waals surface area contributed by atoms with Crippen molar-refractivity contribution in [3.8, 4) is 11.3 Å². The third kappa shape index (κ3) is 5.31. The fourth-order valence-electron chi connectivity index (χ4n) is 3.32. The molecule has 1 aromatic carbocycles. The second-order valence-corrected chi connectivity index (χ2v) is 7.84. The topological polar surface area (TPSA) is 45.2 Å². The van der Waals surface area contributed by atoms with E-state index in [-0.39, 0.29) is 5.91 Å². The van der Waals surface area contributed by atoms with Crippen LogP contribution in [-0.4, -0.2) is 24.0 Å². The Labute approximate surface area is 160 Å². The highest BCUT2D eigenvalue weighted by molar-refractivity contribution is 7.14. The molecule has 1 aliphatic heterocycles. The van der Waals surface area contributed by atoms with Gasteiger partial charge in [0.15, 0.2) is 5.13 Å². The molecule has 3 rings (SSSR count). The molecule has 0 unspecified atom stereocenters. The lowest BCUT2D eigenvalue weighted by Crippen LogP contribution is -2.29. The van der Waals surface area contributed by atoms with Crippen molar-refractivity contribution in [1.29, 1.82) is 0 Å². The summed E-state index contributed by atoms with van der Waals surface area (Å²) in [5, 5.41) is 6.26. The fraction of sp³-hybridized carbons (Fsp3) is 0.524. The van der Waals surface area contributed by atoms with E-state index in [2.05, 4.69) is 28.6 Å². The Bertz CT molecular complexity index is 707. The van der Waals surface area contributed by atoms with E-state index in [1.165, 1.54) is 32.1 Å². The molecule has 1 amide bonds. The number of unbranched alkanes of at least 4 members (excludes halogenated alkanes) is 3. The molecule has 1 fully saturated rings. The van der Waals surface area contributed by atoms with Crippen LogP contribution in [0.5, 0.6) is 0 Å². The second kappa shape index (κ2) is 9.72. The molecule has 0 aliphatic carbocycles. The van der Waals surface area contributed by atoms with Crippen LogP contribution in [0.3, 0.4) is 0 Å². The number of piperidine rings is 1. The van der Waals surface area contributed by atoms with Gasteiger partial charge < -0.3 is 10.2 Å². The van der Waals surface area contributed by atoms with Crippen molar-refractivity contribution in [1.82, 2.24) is 4.98 Å². The van der Waals surface area contributed by atoms with Crippen LogP contribution in [0.2, 0.25) is 0 Å². The lowest BCUT2D eigenvalue weighted by atomic mass is 10.1. The molecule has 1 aromatic heterocycles. The third-order valence-corrected chi connectivity index (χ3v) is 5.72. The Kier molecular flexibility index (Phi) is 7.06. The van der Waals surface area contributed by atoms with Gasteiger partial charge in [-0.2, -0.15) is 0 Å². The van der Waals surface area contributed by atoms with E-state index in [9.17, 15) is 4.79 Å². The predicted octanol–water partition coefficient (Wildman–Crippen LogP) is 5.71. The molecule has 2 heterocycles. The lowest BCUT2D eigenvalue weighted by Gasteiger charge is -2.25. The Balaban J connectivity index is 1.60. The van der Waals surface area contributed by atoms with Crippen molar-refractivity contribution in [2.75, 3.05) is 23.3 Å². The van der Waals surface area contributed by atoms with Crippen LogP contribution in [-0.2, 0) is 4.79 Å². The number of benzene rings is 1. The number of hydrogen-bond donors (Lipinski definition) is 1. The van der Waals surface area contributed by atoms with E-state index < -0.39 is 0 Å². The van der Waals surface area contributed by atoms with Crippen molar-refractivity contribution < 1.29 is 4.79 Å². The van der Waals surface area contributed by atoms with Crippen LogP contribution in [0.15, 0.2) is 29.6 Å². The highest BCUT2D eigenvalue weighted by Gasteiger charge is 2.15. The van der Waals surface area contributed by atoms with Crippen LogP contribution in [0, 0.1) is 0 Å². The van der Waals surface area contributed by atoms with Gasteiger partial charge in [0.05, 0.1) is 5.69 Å². The van der Waals surface area contributed by atoms with E-state index in [0.717, 1.165) is 48.0 Å². The van der Waals surface area contributed by atoms with Crippen LogP contribution < -0.4 is 10.2 Å². The molecule has 0 spiro atoms. The molecule has 1 saturated heterocycles. The molecule has 1 aliphatic rings. The van der Waals surface area contributed by atoms with Gasteiger partial charge in [-0.15, -0.1) is 11.3 Å². The Hall–Kier alpha value is -1.88. The highest BCUT2D eigenvalue weighted by atomic mass is 32.1. The summed E-state index contributed by atoms with van der Waals surface area (Å²) in [6.45, 7) is 4.41. The second-order valence-electron chi connectivity index (χ2n) is 7.00. The predicted molar refractivity (Wildman–Crippen MR) is 111 cm³/mol. The maximum atomic E-state index is 12.1. The van der Waals surface area contributed by atoms with E-state index in [4.69, 9.17) is 4.98 Å². The van der Waals surface area contributed by atoms with Gasteiger partial charge in [-0.05, 0) is 37.8 Å². The molecule has 0 bridgehead atoms. The molecule has 140 valence electrons. The molecule has 0 atom stereocenters. The Morgan fingerprint density at radius 3 is 2.85 bits per heavy atom. The van der Waals surface area contributed by atoms with Gasteiger partial charge in [0.2, 0.25) is 5.91 Å². The minimum Gasteiger partial charge on any atom is -0.348 e. The number of hydrogen-bond acceptors (Lipinski definition) is 4. The minimum atomic E-state index is 0.102. The van der Waals surface area contributed by atoms with Crippen LogP contribution in [0.4, 0.5) is 10.8 Å². The zero-order chi connectivity index (χ0) is 18.2. The summed E-state index contributed by atoms with van der Waals surface area (Å²) < 4.78 is 0. The molecule has 5 heteroatoms. The number of amides is 1. The monoisotopic (exact) mass is 371 g/mol. The largest absolute Gasteiger partial charge is 0.348 e. The normalized spacial score (nSPS) is 14.4. The maximum Gasteiger partial charge on any atom is 0.224 e. The molecule has 1 N–H and O–H groups in total. The molecule has 26 heavy (non-hydrogen) atoms. The first-order valence-electron chi connectivity index (χ1n) is 9.87. The zero-order valence-electron chi connectivity index (χ0n) is 15.7. The average Bonchev–Trinajstić information content (AvgIpc) is 3.16. The maximum absolute atomic E-state index is 12.1. The first-order chi connectivity index (χ1) is 12.8. The summed E-state index contributed by atoms with van der Waals surface area (Å²) in [5.41, 5.74) is 2.92. The summed E-state index contributed by atoms with van der Waals surface area (Å²) >= 11 is 1.71. The van der Waals surface area contributed by atoms with Crippen molar-refractivity contribution in [2.24, 2.45) is 0 Å². The molecular weight excluding hydrogens is 342 g/mol. The van der Waals surface area contributed by atoms with E-state index in [1.54, 1.807) is 11.3 Å². The smallest absolute Gasteiger partial charge is 0.224 e. The SMILES string of the molecule is CCCCCCC(=O)Nc1cccc(-c2csc(N3CCCCC3)n2)c1. The van der Waals surface area contributed by atoms with Gasteiger partial charge in [-0.1, -0.05) is 38.3 Å². The zero-order valence-corrected chi connectivity index (χ0v) is 16.5.